The van der Waals surface area contributed by atoms with E-state index in [9.17, 15) is 19.5 Å². The molecule has 2 aromatic rings. The SMILES string of the molecule is CCCCc1cc(=O)oc2c(C)c(O[C@@H](C)C(=O)N[C@H](CCC)C(=O)[O-])ccc12. The van der Waals surface area contributed by atoms with Crippen LogP contribution in [0.4, 0.5) is 0 Å². The fourth-order valence-electron chi connectivity index (χ4n) is 3.18. The summed E-state index contributed by atoms with van der Waals surface area (Å²) < 4.78 is 11.1. The third-order valence-corrected chi connectivity index (χ3v) is 4.85. The Morgan fingerprint density at radius 3 is 2.59 bits per heavy atom. The van der Waals surface area contributed by atoms with E-state index in [4.69, 9.17) is 9.15 Å². The highest BCUT2D eigenvalue weighted by atomic mass is 16.5. The fourth-order valence-corrected chi connectivity index (χ4v) is 3.18. The number of ether oxygens (including phenoxy) is 1. The Morgan fingerprint density at radius 2 is 1.97 bits per heavy atom. The lowest BCUT2D eigenvalue weighted by molar-refractivity contribution is -0.308. The molecule has 158 valence electrons. The minimum Gasteiger partial charge on any atom is -0.548 e. The van der Waals surface area contributed by atoms with Crippen LogP contribution in [0.2, 0.25) is 0 Å². The van der Waals surface area contributed by atoms with Gasteiger partial charge in [-0.2, -0.15) is 0 Å². The van der Waals surface area contributed by atoms with Gasteiger partial charge in [0.25, 0.3) is 5.91 Å². The number of unbranched alkanes of at least 4 members (excludes halogenated alkanes) is 1. The Hall–Kier alpha value is -2.83. The quantitative estimate of drug-likeness (QED) is 0.611. The molecule has 0 radical (unpaired) electrons. The maximum atomic E-state index is 12.3. The van der Waals surface area contributed by atoms with Gasteiger partial charge in [0.1, 0.15) is 11.3 Å². The number of fused-ring (bicyclic) bond motifs is 1. The van der Waals surface area contributed by atoms with Crippen molar-refractivity contribution in [3.8, 4) is 5.75 Å². The lowest BCUT2D eigenvalue weighted by atomic mass is 10.0. The molecule has 2 rings (SSSR count). The monoisotopic (exact) mass is 402 g/mol. The van der Waals surface area contributed by atoms with E-state index in [1.165, 1.54) is 13.0 Å². The highest BCUT2D eigenvalue weighted by Gasteiger charge is 2.21. The molecule has 2 atom stereocenters. The van der Waals surface area contributed by atoms with Gasteiger partial charge in [0.2, 0.25) is 0 Å². The van der Waals surface area contributed by atoms with Crippen LogP contribution in [0, 0.1) is 6.92 Å². The van der Waals surface area contributed by atoms with E-state index in [2.05, 4.69) is 12.2 Å². The van der Waals surface area contributed by atoms with Crippen molar-refractivity contribution in [2.24, 2.45) is 0 Å². The average molecular weight is 402 g/mol. The molecule has 1 aromatic carbocycles. The summed E-state index contributed by atoms with van der Waals surface area (Å²) >= 11 is 0. The third kappa shape index (κ3) is 5.59. The van der Waals surface area contributed by atoms with Crippen LogP contribution in [-0.4, -0.2) is 24.0 Å². The number of rotatable bonds is 10. The molecule has 0 unspecified atom stereocenters. The van der Waals surface area contributed by atoms with Gasteiger partial charge in [-0.25, -0.2) is 4.79 Å². The van der Waals surface area contributed by atoms with Crippen molar-refractivity contribution in [1.29, 1.82) is 0 Å². The zero-order valence-electron chi connectivity index (χ0n) is 17.4. The number of carbonyl (C=O) groups excluding carboxylic acids is 2. The molecule has 0 aliphatic carbocycles. The topological polar surface area (TPSA) is 109 Å². The van der Waals surface area contributed by atoms with E-state index in [1.54, 1.807) is 13.0 Å². The predicted octanol–water partition coefficient (Wildman–Crippen LogP) is 2.25. The molecular weight excluding hydrogens is 374 g/mol. The van der Waals surface area contributed by atoms with Gasteiger partial charge >= 0.3 is 5.63 Å². The zero-order valence-corrected chi connectivity index (χ0v) is 17.4. The van der Waals surface area contributed by atoms with Crippen molar-refractivity contribution in [3.05, 3.63) is 39.7 Å². The third-order valence-electron chi connectivity index (χ3n) is 4.85. The van der Waals surface area contributed by atoms with Crippen LogP contribution >= 0.6 is 0 Å². The van der Waals surface area contributed by atoms with E-state index >= 15 is 0 Å². The number of carboxylic acids is 1. The van der Waals surface area contributed by atoms with E-state index < -0.39 is 29.6 Å². The van der Waals surface area contributed by atoms with Gasteiger partial charge in [0.15, 0.2) is 6.10 Å². The molecular formula is C22H28NO6-. The van der Waals surface area contributed by atoms with Crippen molar-refractivity contribution in [1.82, 2.24) is 5.32 Å². The standard InChI is InChI=1S/C22H29NO6/c1-5-7-9-15-12-19(24)29-20-13(3)18(11-10-16(15)20)28-14(4)21(25)23-17(8-6-2)22(26)27/h10-12,14,17H,5-9H2,1-4H3,(H,23,25)(H,26,27)/p-1/t14-,17+/m0/s1. The van der Waals surface area contributed by atoms with Crippen molar-refractivity contribution >= 4 is 22.8 Å². The van der Waals surface area contributed by atoms with Gasteiger partial charge in [-0.15, -0.1) is 0 Å². The van der Waals surface area contributed by atoms with E-state index in [1.807, 2.05) is 13.0 Å². The maximum Gasteiger partial charge on any atom is 0.336 e. The van der Waals surface area contributed by atoms with Crippen LogP contribution in [0.25, 0.3) is 11.0 Å². The van der Waals surface area contributed by atoms with Crippen LogP contribution in [0.1, 0.15) is 57.6 Å². The van der Waals surface area contributed by atoms with Gasteiger partial charge in [-0.3, -0.25) is 4.79 Å². The van der Waals surface area contributed by atoms with Crippen LogP contribution in [0.5, 0.6) is 5.75 Å². The molecule has 0 aliphatic rings. The number of aliphatic carboxylic acids is 1. The number of hydrogen-bond donors (Lipinski definition) is 1. The molecule has 29 heavy (non-hydrogen) atoms. The van der Waals surface area contributed by atoms with E-state index in [-0.39, 0.29) is 6.42 Å². The highest BCUT2D eigenvalue weighted by Crippen LogP contribution is 2.29. The first kappa shape index (κ1) is 22.5. The molecule has 7 heteroatoms. The number of nitrogens with one attached hydrogen (secondary N) is 1. The molecule has 0 fully saturated rings. The molecule has 0 saturated carbocycles. The summed E-state index contributed by atoms with van der Waals surface area (Å²) in [6.07, 6.45) is 2.70. The molecule has 0 saturated heterocycles. The Labute approximate surface area is 170 Å². The van der Waals surface area contributed by atoms with Gasteiger partial charge in [-0.05, 0) is 50.8 Å². The van der Waals surface area contributed by atoms with Gasteiger partial charge in [0, 0.05) is 17.0 Å². The maximum absolute atomic E-state index is 12.3. The molecule has 1 aromatic heterocycles. The smallest absolute Gasteiger partial charge is 0.336 e. The predicted molar refractivity (Wildman–Crippen MR) is 108 cm³/mol. The minimum absolute atomic E-state index is 0.279. The second-order valence-electron chi connectivity index (χ2n) is 7.19. The van der Waals surface area contributed by atoms with Gasteiger partial charge in [0.05, 0.1) is 12.0 Å². The first-order chi connectivity index (χ1) is 13.8. The number of carboxylic acid groups (broad SMARTS) is 1. The Morgan fingerprint density at radius 1 is 1.24 bits per heavy atom. The van der Waals surface area contributed by atoms with Crippen molar-refractivity contribution in [3.63, 3.8) is 0 Å². The number of hydrogen-bond acceptors (Lipinski definition) is 6. The summed E-state index contributed by atoms with van der Waals surface area (Å²) in [5, 5.41) is 14.4. The number of carbonyl (C=O) groups is 2. The molecule has 0 aliphatic heterocycles. The average Bonchev–Trinajstić information content (AvgIpc) is 2.67. The second kappa shape index (κ2) is 10.1. The Balaban J connectivity index is 2.25. The number of aryl methyl sites for hydroxylation is 2. The number of benzene rings is 1. The summed E-state index contributed by atoms with van der Waals surface area (Å²) in [7, 11) is 0. The van der Waals surface area contributed by atoms with Crippen molar-refractivity contribution in [2.45, 2.75) is 71.9 Å². The van der Waals surface area contributed by atoms with Gasteiger partial charge < -0.3 is 24.4 Å². The van der Waals surface area contributed by atoms with Crippen LogP contribution in [-0.2, 0) is 16.0 Å². The number of amides is 1. The molecule has 0 spiro atoms. The zero-order chi connectivity index (χ0) is 21.6. The summed E-state index contributed by atoms with van der Waals surface area (Å²) in [6.45, 7) is 7.20. The Kier molecular flexibility index (Phi) is 7.82. The summed E-state index contributed by atoms with van der Waals surface area (Å²) in [4.78, 5) is 35.4. The van der Waals surface area contributed by atoms with Crippen LogP contribution in [0.3, 0.4) is 0 Å². The first-order valence-electron chi connectivity index (χ1n) is 10.0. The molecule has 0 bridgehead atoms. The van der Waals surface area contributed by atoms with Crippen molar-refractivity contribution < 1.29 is 23.8 Å². The highest BCUT2D eigenvalue weighted by molar-refractivity contribution is 5.87. The second-order valence-corrected chi connectivity index (χ2v) is 7.19. The van der Waals surface area contributed by atoms with E-state index in [0.29, 0.717) is 23.3 Å². The lowest BCUT2D eigenvalue weighted by Crippen LogP contribution is -2.51. The lowest BCUT2D eigenvalue weighted by Gasteiger charge is -2.22. The molecule has 1 amide bonds. The fraction of sp³-hybridized carbons (Fsp3) is 0.500. The van der Waals surface area contributed by atoms with Crippen molar-refractivity contribution in [2.75, 3.05) is 0 Å². The Bertz CT molecular complexity index is 933. The molecule has 7 nitrogen and oxygen atoms in total. The van der Waals surface area contributed by atoms with Crippen LogP contribution in [0.15, 0.2) is 27.4 Å². The first-order valence-corrected chi connectivity index (χ1v) is 10.0. The minimum atomic E-state index is -1.32. The summed E-state index contributed by atoms with van der Waals surface area (Å²) in [5.41, 5.74) is 1.55. The molecule has 1 heterocycles. The summed E-state index contributed by atoms with van der Waals surface area (Å²) in [6, 6.07) is 4.01. The van der Waals surface area contributed by atoms with Crippen LogP contribution < -0.4 is 20.8 Å². The summed E-state index contributed by atoms with van der Waals surface area (Å²) in [5.74, 6) is -1.47. The van der Waals surface area contributed by atoms with E-state index in [0.717, 1.165) is 30.2 Å². The molecule has 1 N–H and O–H groups in total. The normalized spacial score (nSPS) is 13.1. The van der Waals surface area contributed by atoms with Gasteiger partial charge in [-0.1, -0.05) is 26.7 Å². The largest absolute Gasteiger partial charge is 0.548 e.